The van der Waals surface area contributed by atoms with Gasteiger partial charge in [0, 0.05) is 24.1 Å². The summed E-state index contributed by atoms with van der Waals surface area (Å²) in [5, 5.41) is 14.6. The van der Waals surface area contributed by atoms with E-state index in [1.807, 2.05) is 48.6 Å². The Morgan fingerprint density at radius 3 is 2.53 bits per heavy atom. The summed E-state index contributed by atoms with van der Waals surface area (Å²) < 4.78 is 1.83. The monoisotopic (exact) mass is 276 g/mol. The third-order valence-electron chi connectivity index (χ3n) is 3.08. The van der Waals surface area contributed by atoms with Gasteiger partial charge in [-0.25, -0.2) is 0 Å². The number of hydrogen-bond acceptors (Lipinski definition) is 3. The molecule has 2 aromatic rings. The molecular weight excluding hydrogens is 256 g/mol. The summed E-state index contributed by atoms with van der Waals surface area (Å²) in [6, 6.07) is 10.2. The lowest BCUT2D eigenvalue weighted by Gasteiger charge is -2.11. The van der Waals surface area contributed by atoms with E-state index in [1.54, 1.807) is 0 Å². The molecule has 1 unspecified atom stereocenters. The third kappa shape index (κ3) is 3.61. The van der Waals surface area contributed by atoms with E-state index in [2.05, 4.69) is 24.2 Å². The van der Waals surface area contributed by atoms with Gasteiger partial charge < -0.3 is 5.11 Å². The fourth-order valence-corrected chi connectivity index (χ4v) is 2.79. The zero-order valence-corrected chi connectivity index (χ0v) is 12.4. The normalized spacial score (nSPS) is 12.6. The minimum absolute atomic E-state index is 0.476. The highest BCUT2D eigenvalue weighted by Crippen LogP contribution is 2.23. The average Bonchev–Trinajstić information content (AvgIpc) is 2.69. The topological polar surface area (TPSA) is 38.1 Å². The zero-order chi connectivity index (χ0) is 13.8. The number of benzene rings is 1. The van der Waals surface area contributed by atoms with E-state index in [1.165, 1.54) is 4.90 Å². The lowest BCUT2D eigenvalue weighted by atomic mass is 10.0. The van der Waals surface area contributed by atoms with Crippen molar-refractivity contribution in [3.63, 3.8) is 0 Å². The molecule has 0 radical (unpaired) electrons. The van der Waals surface area contributed by atoms with Crippen LogP contribution in [-0.4, -0.2) is 20.6 Å². The van der Waals surface area contributed by atoms with Gasteiger partial charge in [0.15, 0.2) is 0 Å². The standard InChI is InChI=1S/C15H20N2OS/c1-4-19-14-7-5-12(6-8-14)15(18)10-13-9-11(2)16-17(13)3/h5-9,15,18H,4,10H2,1-3H3. The Hall–Kier alpha value is -1.26. The van der Waals surface area contributed by atoms with Crippen molar-refractivity contribution in [1.29, 1.82) is 0 Å². The van der Waals surface area contributed by atoms with Crippen molar-refractivity contribution < 1.29 is 5.11 Å². The first-order valence-electron chi connectivity index (χ1n) is 6.50. The van der Waals surface area contributed by atoms with E-state index < -0.39 is 6.10 Å². The first-order chi connectivity index (χ1) is 9.10. The zero-order valence-electron chi connectivity index (χ0n) is 11.6. The predicted octanol–water partition coefficient (Wildman–Crippen LogP) is 3.12. The Morgan fingerprint density at radius 2 is 2.00 bits per heavy atom. The van der Waals surface area contributed by atoms with Gasteiger partial charge in [0.2, 0.25) is 0 Å². The molecule has 0 bridgehead atoms. The largest absolute Gasteiger partial charge is 0.388 e. The van der Waals surface area contributed by atoms with Crippen LogP contribution in [0.3, 0.4) is 0 Å². The Labute approximate surface area is 118 Å². The quantitative estimate of drug-likeness (QED) is 0.853. The van der Waals surface area contributed by atoms with Gasteiger partial charge in [-0.1, -0.05) is 19.1 Å². The van der Waals surface area contributed by atoms with Crippen molar-refractivity contribution in [3.8, 4) is 0 Å². The Morgan fingerprint density at radius 1 is 1.32 bits per heavy atom. The van der Waals surface area contributed by atoms with E-state index in [4.69, 9.17) is 0 Å². The number of hydrogen-bond donors (Lipinski definition) is 1. The molecule has 0 amide bonds. The molecular formula is C15H20N2OS. The van der Waals surface area contributed by atoms with E-state index in [9.17, 15) is 5.11 Å². The fourth-order valence-electron chi connectivity index (χ4n) is 2.12. The SMILES string of the molecule is CCSc1ccc(C(O)Cc2cc(C)nn2C)cc1. The van der Waals surface area contributed by atoms with Gasteiger partial charge in [-0.3, -0.25) is 4.68 Å². The van der Waals surface area contributed by atoms with Crippen LogP contribution in [0.15, 0.2) is 35.2 Å². The summed E-state index contributed by atoms with van der Waals surface area (Å²) in [5.41, 5.74) is 3.00. The van der Waals surface area contributed by atoms with E-state index in [-0.39, 0.29) is 0 Å². The number of thioether (sulfide) groups is 1. The van der Waals surface area contributed by atoms with E-state index in [0.717, 1.165) is 22.7 Å². The number of nitrogens with zero attached hydrogens (tertiary/aromatic N) is 2. The van der Waals surface area contributed by atoms with Crippen molar-refractivity contribution in [1.82, 2.24) is 9.78 Å². The molecule has 3 nitrogen and oxygen atoms in total. The first kappa shape index (κ1) is 14.2. The van der Waals surface area contributed by atoms with Crippen molar-refractivity contribution in [3.05, 3.63) is 47.3 Å². The summed E-state index contributed by atoms with van der Waals surface area (Å²) in [7, 11) is 1.91. The number of rotatable bonds is 5. The van der Waals surface area contributed by atoms with E-state index in [0.29, 0.717) is 6.42 Å². The van der Waals surface area contributed by atoms with Crippen LogP contribution in [0.5, 0.6) is 0 Å². The molecule has 0 spiro atoms. The highest BCUT2D eigenvalue weighted by Gasteiger charge is 2.11. The molecule has 0 saturated heterocycles. The average molecular weight is 276 g/mol. The van der Waals surface area contributed by atoms with E-state index >= 15 is 0 Å². The first-order valence-corrected chi connectivity index (χ1v) is 7.49. The Balaban J connectivity index is 2.07. The minimum atomic E-state index is -0.476. The fraction of sp³-hybridized carbons (Fsp3) is 0.400. The molecule has 19 heavy (non-hydrogen) atoms. The smallest absolute Gasteiger partial charge is 0.0845 e. The highest BCUT2D eigenvalue weighted by molar-refractivity contribution is 7.99. The summed E-state index contributed by atoms with van der Waals surface area (Å²) in [5.74, 6) is 1.07. The molecule has 1 atom stereocenters. The number of aliphatic hydroxyl groups excluding tert-OH is 1. The molecule has 2 rings (SSSR count). The number of aliphatic hydroxyl groups is 1. The molecule has 0 aliphatic carbocycles. The maximum atomic E-state index is 10.3. The molecule has 1 aromatic carbocycles. The van der Waals surface area contributed by atoms with Gasteiger partial charge in [0.1, 0.15) is 0 Å². The molecule has 0 fully saturated rings. The third-order valence-corrected chi connectivity index (χ3v) is 3.97. The highest BCUT2D eigenvalue weighted by atomic mass is 32.2. The van der Waals surface area contributed by atoms with Crippen molar-refractivity contribution in [2.75, 3.05) is 5.75 Å². The maximum Gasteiger partial charge on any atom is 0.0845 e. The molecule has 0 aliphatic heterocycles. The Bertz CT molecular complexity index is 534. The lowest BCUT2D eigenvalue weighted by Crippen LogP contribution is -2.06. The summed E-state index contributed by atoms with van der Waals surface area (Å²) in [6.45, 7) is 4.10. The Kier molecular flexibility index (Phi) is 4.66. The second-order valence-corrected chi connectivity index (χ2v) is 5.96. The van der Waals surface area contributed by atoms with Crippen LogP contribution in [-0.2, 0) is 13.5 Å². The second-order valence-electron chi connectivity index (χ2n) is 4.62. The molecule has 1 heterocycles. The summed E-state index contributed by atoms with van der Waals surface area (Å²) in [4.78, 5) is 1.25. The van der Waals surface area contributed by atoms with Gasteiger partial charge in [-0.2, -0.15) is 5.10 Å². The number of aromatic nitrogens is 2. The molecule has 1 aromatic heterocycles. The van der Waals surface area contributed by atoms with Crippen LogP contribution in [0.4, 0.5) is 0 Å². The summed E-state index contributed by atoms with van der Waals surface area (Å²) >= 11 is 1.81. The van der Waals surface area contributed by atoms with Crippen LogP contribution in [0, 0.1) is 6.92 Å². The van der Waals surface area contributed by atoms with Crippen LogP contribution >= 0.6 is 11.8 Å². The van der Waals surface area contributed by atoms with Crippen molar-refractivity contribution in [2.24, 2.45) is 7.05 Å². The molecule has 0 aliphatic rings. The molecule has 1 N–H and O–H groups in total. The maximum absolute atomic E-state index is 10.3. The van der Waals surface area contributed by atoms with Crippen LogP contribution < -0.4 is 0 Å². The minimum Gasteiger partial charge on any atom is -0.388 e. The van der Waals surface area contributed by atoms with Crippen LogP contribution in [0.1, 0.15) is 30.0 Å². The van der Waals surface area contributed by atoms with Crippen molar-refractivity contribution >= 4 is 11.8 Å². The molecule has 0 saturated carbocycles. The van der Waals surface area contributed by atoms with Gasteiger partial charge >= 0.3 is 0 Å². The number of aryl methyl sites for hydroxylation is 2. The second kappa shape index (κ2) is 6.26. The van der Waals surface area contributed by atoms with Gasteiger partial charge in [-0.05, 0) is 36.4 Å². The van der Waals surface area contributed by atoms with Gasteiger partial charge in [0.05, 0.1) is 11.8 Å². The van der Waals surface area contributed by atoms with Gasteiger partial charge in [-0.15, -0.1) is 11.8 Å². The van der Waals surface area contributed by atoms with Crippen LogP contribution in [0.2, 0.25) is 0 Å². The summed E-state index contributed by atoms with van der Waals surface area (Å²) in [6.07, 6.45) is 0.118. The van der Waals surface area contributed by atoms with Crippen LogP contribution in [0.25, 0.3) is 0 Å². The molecule has 4 heteroatoms. The van der Waals surface area contributed by atoms with Gasteiger partial charge in [0.25, 0.3) is 0 Å². The lowest BCUT2D eigenvalue weighted by molar-refractivity contribution is 0.175. The molecule has 102 valence electrons. The van der Waals surface area contributed by atoms with Crippen molar-refractivity contribution in [2.45, 2.75) is 31.3 Å². The predicted molar refractivity (Wildman–Crippen MR) is 79.4 cm³/mol.